The van der Waals surface area contributed by atoms with Crippen LogP contribution in [0.15, 0.2) is 43.8 Å². The highest BCUT2D eigenvalue weighted by Crippen LogP contribution is 2.39. The van der Waals surface area contributed by atoms with E-state index in [1.54, 1.807) is 23.5 Å². The van der Waals surface area contributed by atoms with Crippen LogP contribution in [-0.2, 0) is 11.0 Å². The number of carbonyl (C=O) groups excluding carboxylic acids is 1. The maximum atomic E-state index is 13.2. The SMILES string of the molecule is Cc1cc(SC(C)C)c(NC(=O)CCCCCCCCSc2nc3cccc(C(F)(F)F)c3o2)c(SC(C)C)n1. The Kier molecular flexibility index (Phi) is 12.6. The number of amides is 1. The summed E-state index contributed by atoms with van der Waals surface area (Å²) in [6.07, 6.45) is 1.80. The van der Waals surface area contributed by atoms with Gasteiger partial charge in [0.2, 0.25) is 5.91 Å². The van der Waals surface area contributed by atoms with Crippen LogP contribution in [0, 0.1) is 6.92 Å². The van der Waals surface area contributed by atoms with E-state index < -0.39 is 11.7 Å². The Labute approximate surface area is 247 Å². The second-order valence-electron chi connectivity index (χ2n) is 10.2. The zero-order chi connectivity index (χ0) is 29.3. The molecule has 0 aliphatic heterocycles. The van der Waals surface area contributed by atoms with Gasteiger partial charge in [-0.1, -0.05) is 71.2 Å². The minimum Gasteiger partial charge on any atom is -0.431 e. The molecule has 0 unspecified atom stereocenters. The van der Waals surface area contributed by atoms with Gasteiger partial charge in [-0.3, -0.25) is 4.79 Å². The average molecular weight is 614 g/mol. The second kappa shape index (κ2) is 15.4. The number of benzene rings is 1. The molecule has 11 heteroatoms. The fourth-order valence-corrected chi connectivity index (χ4v) is 6.88. The Morgan fingerprint density at radius 2 is 1.65 bits per heavy atom. The Bertz CT molecular complexity index is 1230. The van der Waals surface area contributed by atoms with Gasteiger partial charge in [0.1, 0.15) is 16.1 Å². The van der Waals surface area contributed by atoms with Crippen molar-refractivity contribution in [2.24, 2.45) is 0 Å². The lowest BCUT2D eigenvalue weighted by atomic mass is 10.1. The molecule has 1 N–H and O–H groups in total. The number of aryl methyl sites for hydroxylation is 1. The van der Waals surface area contributed by atoms with E-state index in [4.69, 9.17) is 9.40 Å². The smallest absolute Gasteiger partial charge is 0.420 e. The number of halogens is 3. The fourth-order valence-electron chi connectivity index (χ4n) is 4.06. The molecule has 5 nitrogen and oxygen atoms in total. The van der Waals surface area contributed by atoms with Gasteiger partial charge in [-0.05, 0) is 38.0 Å². The number of nitrogens with one attached hydrogen (secondary N) is 1. The summed E-state index contributed by atoms with van der Waals surface area (Å²) in [7, 11) is 0. The molecule has 0 radical (unpaired) electrons. The summed E-state index contributed by atoms with van der Waals surface area (Å²) in [5.74, 6) is 0.750. The van der Waals surface area contributed by atoms with Crippen molar-refractivity contribution < 1.29 is 22.4 Å². The van der Waals surface area contributed by atoms with Crippen molar-refractivity contribution in [3.63, 3.8) is 0 Å². The van der Waals surface area contributed by atoms with E-state index in [0.717, 1.165) is 71.6 Å². The molecule has 3 aromatic rings. The highest BCUT2D eigenvalue weighted by atomic mass is 32.2. The van der Waals surface area contributed by atoms with Crippen LogP contribution in [0.1, 0.15) is 83.9 Å². The van der Waals surface area contributed by atoms with E-state index in [-0.39, 0.29) is 22.2 Å². The predicted molar refractivity (Wildman–Crippen MR) is 162 cm³/mol. The monoisotopic (exact) mass is 613 g/mol. The molecule has 1 amide bonds. The number of hydrogen-bond donors (Lipinski definition) is 1. The third-order valence-corrected chi connectivity index (χ3v) is 8.73. The van der Waals surface area contributed by atoms with Crippen molar-refractivity contribution in [2.75, 3.05) is 11.1 Å². The second-order valence-corrected chi connectivity index (χ2v) is 14.4. The van der Waals surface area contributed by atoms with Crippen molar-refractivity contribution in [2.45, 2.75) is 111 Å². The number of pyridine rings is 1. The molecule has 3 rings (SSSR count). The number of hydrogen-bond acceptors (Lipinski definition) is 7. The van der Waals surface area contributed by atoms with Crippen LogP contribution in [-0.4, -0.2) is 32.1 Å². The molecular formula is C29H38F3N3O2S3. The van der Waals surface area contributed by atoms with E-state index in [2.05, 4.69) is 38.0 Å². The summed E-state index contributed by atoms with van der Waals surface area (Å²) in [6.45, 7) is 10.5. The van der Waals surface area contributed by atoms with Crippen LogP contribution < -0.4 is 5.32 Å². The molecule has 40 heavy (non-hydrogen) atoms. The van der Waals surface area contributed by atoms with Crippen molar-refractivity contribution in [3.8, 4) is 0 Å². The van der Waals surface area contributed by atoms with Crippen LogP contribution in [0.2, 0.25) is 0 Å². The molecule has 2 aromatic heterocycles. The van der Waals surface area contributed by atoms with E-state index >= 15 is 0 Å². The highest BCUT2D eigenvalue weighted by molar-refractivity contribution is 8.01. The molecule has 1 aromatic carbocycles. The largest absolute Gasteiger partial charge is 0.431 e. The number of anilines is 1. The zero-order valence-corrected chi connectivity index (χ0v) is 26.1. The Balaban J connectivity index is 1.37. The molecule has 0 aliphatic carbocycles. The molecule has 0 fully saturated rings. The molecule has 0 atom stereocenters. The molecule has 0 saturated carbocycles. The number of thioether (sulfide) groups is 3. The third-order valence-electron chi connectivity index (χ3n) is 5.78. The number of oxazole rings is 1. The first-order valence-electron chi connectivity index (χ1n) is 13.7. The number of fused-ring (bicyclic) bond motifs is 1. The lowest BCUT2D eigenvalue weighted by Gasteiger charge is -2.18. The molecular weight excluding hydrogens is 576 g/mol. The number of para-hydroxylation sites is 1. The molecule has 0 aliphatic rings. The van der Waals surface area contributed by atoms with Crippen molar-refractivity contribution in [3.05, 3.63) is 35.5 Å². The maximum absolute atomic E-state index is 13.2. The molecule has 2 heterocycles. The average Bonchev–Trinajstić information content (AvgIpc) is 3.26. The summed E-state index contributed by atoms with van der Waals surface area (Å²) in [5, 5.41) is 5.05. The first kappa shape index (κ1) is 32.7. The number of carbonyl (C=O) groups is 1. The quantitative estimate of drug-likeness (QED) is 0.135. The van der Waals surface area contributed by atoms with Crippen LogP contribution in [0.5, 0.6) is 0 Å². The number of aromatic nitrogens is 2. The zero-order valence-electron chi connectivity index (χ0n) is 23.7. The van der Waals surface area contributed by atoms with Gasteiger partial charge in [-0.25, -0.2) is 9.97 Å². The van der Waals surface area contributed by atoms with Gasteiger partial charge in [0, 0.05) is 33.3 Å². The first-order valence-corrected chi connectivity index (χ1v) is 16.4. The minimum atomic E-state index is -4.47. The summed E-state index contributed by atoms with van der Waals surface area (Å²) >= 11 is 4.75. The predicted octanol–water partition coefficient (Wildman–Crippen LogP) is 10.0. The standard InChI is InChI=1S/C29H38F3N3O2S3/c1-18(2)39-23-17-20(5)33-27(40-19(3)4)25(23)35-24(36)15-10-8-6-7-9-11-16-38-28-34-22-14-12-13-21(26(22)37-28)29(30,31)32/h12-14,17-19H,6-11,15-16H2,1-5H3,(H,35,36). The summed E-state index contributed by atoms with van der Waals surface area (Å²) < 4.78 is 44.9. The van der Waals surface area contributed by atoms with E-state index in [0.29, 0.717) is 16.9 Å². The van der Waals surface area contributed by atoms with Crippen LogP contribution in [0.4, 0.5) is 18.9 Å². The van der Waals surface area contributed by atoms with Gasteiger partial charge in [-0.15, -0.1) is 23.5 Å². The third kappa shape index (κ3) is 10.2. The van der Waals surface area contributed by atoms with Gasteiger partial charge in [0.15, 0.2) is 5.58 Å². The normalized spacial score (nSPS) is 12.2. The number of rotatable bonds is 15. The Morgan fingerprint density at radius 1 is 0.975 bits per heavy atom. The maximum Gasteiger partial charge on any atom is 0.420 e. The first-order chi connectivity index (χ1) is 18.9. The van der Waals surface area contributed by atoms with E-state index in [1.807, 2.05) is 13.0 Å². The molecule has 0 spiro atoms. The van der Waals surface area contributed by atoms with Gasteiger partial charge in [0.25, 0.3) is 5.22 Å². The van der Waals surface area contributed by atoms with Gasteiger partial charge >= 0.3 is 6.18 Å². The fraction of sp³-hybridized carbons (Fsp3) is 0.552. The molecule has 0 bridgehead atoms. The Hall–Kier alpha value is -1.85. The van der Waals surface area contributed by atoms with Crippen molar-refractivity contribution >= 4 is 58.0 Å². The number of unbranched alkanes of at least 4 members (excludes halogenated alkanes) is 5. The van der Waals surface area contributed by atoms with E-state index in [1.165, 1.54) is 23.9 Å². The Morgan fingerprint density at radius 3 is 2.33 bits per heavy atom. The van der Waals surface area contributed by atoms with Crippen LogP contribution in [0.3, 0.4) is 0 Å². The van der Waals surface area contributed by atoms with Gasteiger partial charge in [0.05, 0.1) is 5.69 Å². The van der Waals surface area contributed by atoms with Crippen LogP contribution >= 0.6 is 35.3 Å². The van der Waals surface area contributed by atoms with Gasteiger partial charge in [-0.2, -0.15) is 13.2 Å². The number of nitrogens with zero attached hydrogens (tertiary/aromatic N) is 2. The number of alkyl halides is 3. The van der Waals surface area contributed by atoms with Crippen molar-refractivity contribution in [1.82, 2.24) is 9.97 Å². The summed E-state index contributed by atoms with van der Waals surface area (Å²) in [4.78, 5) is 22.7. The lowest BCUT2D eigenvalue weighted by molar-refractivity contribution is -0.136. The van der Waals surface area contributed by atoms with E-state index in [9.17, 15) is 18.0 Å². The molecule has 220 valence electrons. The molecule has 0 saturated heterocycles. The van der Waals surface area contributed by atoms with Crippen LogP contribution in [0.25, 0.3) is 11.1 Å². The van der Waals surface area contributed by atoms with Gasteiger partial charge < -0.3 is 9.73 Å². The highest BCUT2D eigenvalue weighted by Gasteiger charge is 2.34. The van der Waals surface area contributed by atoms with Crippen molar-refractivity contribution in [1.29, 1.82) is 0 Å². The summed E-state index contributed by atoms with van der Waals surface area (Å²) in [5.41, 5.74) is 1.01. The summed E-state index contributed by atoms with van der Waals surface area (Å²) in [6, 6.07) is 5.94. The topological polar surface area (TPSA) is 68.0 Å². The lowest BCUT2D eigenvalue weighted by Crippen LogP contribution is -2.14. The minimum absolute atomic E-state index is 0.0188.